The first kappa shape index (κ1) is 13.5. The van der Waals surface area contributed by atoms with Gasteiger partial charge in [0.2, 0.25) is 5.91 Å². The maximum Gasteiger partial charge on any atom is 0.228 e. The van der Waals surface area contributed by atoms with Gasteiger partial charge in [0.05, 0.1) is 12.8 Å². The first-order valence-electron chi connectivity index (χ1n) is 6.01. The number of methoxy groups -OCH3 is 1. The van der Waals surface area contributed by atoms with Crippen molar-refractivity contribution >= 4 is 22.4 Å². The topological polar surface area (TPSA) is 51.2 Å². The molecule has 100 valence electrons. The number of carbonyl (C=O) groups excluding carboxylic acids is 1. The Hall–Kier alpha value is -1.88. The van der Waals surface area contributed by atoms with Crippen LogP contribution in [-0.4, -0.2) is 18.0 Å². The number of benzene rings is 1. The molecule has 1 N–H and O–H groups in total. The number of rotatable bonds is 4. The lowest BCUT2D eigenvalue weighted by atomic mass is 10.1. The monoisotopic (exact) mass is 276 g/mol. The van der Waals surface area contributed by atoms with Crippen LogP contribution in [0.4, 0.5) is 5.13 Å². The minimum Gasteiger partial charge on any atom is -0.496 e. The van der Waals surface area contributed by atoms with E-state index in [1.54, 1.807) is 7.11 Å². The number of amides is 1. The summed E-state index contributed by atoms with van der Waals surface area (Å²) in [5.41, 5.74) is 1.73. The predicted molar refractivity (Wildman–Crippen MR) is 77.6 cm³/mol. The van der Waals surface area contributed by atoms with Gasteiger partial charge in [-0.25, -0.2) is 4.98 Å². The van der Waals surface area contributed by atoms with Crippen LogP contribution in [0.25, 0.3) is 11.3 Å². The lowest BCUT2D eigenvalue weighted by Crippen LogP contribution is -2.17. The van der Waals surface area contributed by atoms with Crippen LogP contribution < -0.4 is 10.1 Å². The fourth-order valence-corrected chi connectivity index (χ4v) is 2.27. The third-order valence-corrected chi connectivity index (χ3v) is 3.40. The summed E-state index contributed by atoms with van der Waals surface area (Å²) < 4.78 is 5.31. The molecule has 0 radical (unpaired) electrons. The Morgan fingerprint density at radius 3 is 2.79 bits per heavy atom. The number of hydrogen-bond acceptors (Lipinski definition) is 4. The lowest BCUT2D eigenvalue weighted by molar-refractivity contribution is -0.118. The summed E-state index contributed by atoms with van der Waals surface area (Å²) >= 11 is 1.41. The average molecular weight is 276 g/mol. The largest absolute Gasteiger partial charge is 0.496 e. The fourth-order valence-electron chi connectivity index (χ4n) is 1.56. The zero-order chi connectivity index (χ0) is 13.8. The highest BCUT2D eigenvalue weighted by Gasteiger charge is 2.12. The summed E-state index contributed by atoms with van der Waals surface area (Å²) in [6.07, 6.45) is 0. The number of thiazole rings is 1. The summed E-state index contributed by atoms with van der Waals surface area (Å²) in [6, 6.07) is 7.68. The molecule has 0 fully saturated rings. The number of aromatic nitrogens is 1. The molecule has 0 aliphatic heterocycles. The van der Waals surface area contributed by atoms with Gasteiger partial charge in [-0.2, -0.15) is 0 Å². The molecule has 5 heteroatoms. The molecule has 0 spiro atoms. The van der Waals surface area contributed by atoms with E-state index < -0.39 is 0 Å². The maximum atomic E-state index is 11.6. The Kier molecular flexibility index (Phi) is 4.16. The number of ether oxygens (including phenoxy) is 1. The first-order valence-corrected chi connectivity index (χ1v) is 6.89. The van der Waals surface area contributed by atoms with Crippen LogP contribution in [0.2, 0.25) is 0 Å². The highest BCUT2D eigenvalue weighted by Crippen LogP contribution is 2.31. The van der Waals surface area contributed by atoms with Crippen LogP contribution in [0.3, 0.4) is 0 Å². The number of para-hydroxylation sites is 1. The molecule has 1 aromatic heterocycles. The van der Waals surface area contributed by atoms with Gasteiger partial charge < -0.3 is 10.1 Å². The van der Waals surface area contributed by atoms with E-state index in [1.807, 2.05) is 43.5 Å². The molecule has 0 aliphatic rings. The molecule has 0 saturated heterocycles. The van der Waals surface area contributed by atoms with Gasteiger partial charge in [0.25, 0.3) is 0 Å². The van der Waals surface area contributed by atoms with Gasteiger partial charge in [0.15, 0.2) is 5.13 Å². The molecule has 0 aliphatic carbocycles. The van der Waals surface area contributed by atoms with E-state index in [0.29, 0.717) is 5.13 Å². The normalized spacial score (nSPS) is 10.5. The van der Waals surface area contributed by atoms with Crippen molar-refractivity contribution in [3.05, 3.63) is 29.6 Å². The van der Waals surface area contributed by atoms with Crippen LogP contribution in [0.1, 0.15) is 13.8 Å². The minimum atomic E-state index is -0.0568. The highest BCUT2D eigenvalue weighted by molar-refractivity contribution is 7.14. The standard InChI is InChI=1S/C14H16N2O2S/c1-9(2)13(17)16-14-15-11(8-19-14)10-6-4-5-7-12(10)18-3/h4-9H,1-3H3,(H,15,16,17). The summed E-state index contributed by atoms with van der Waals surface area (Å²) in [4.78, 5) is 16.0. The van der Waals surface area contributed by atoms with Crippen LogP contribution in [-0.2, 0) is 4.79 Å². The highest BCUT2D eigenvalue weighted by atomic mass is 32.1. The zero-order valence-electron chi connectivity index (χ0n) is 11.1. The Labute approximate surface area is 116 Å². The van der Waals surface area contributed by atoms with Crippen molar-refractivity contribution in [3.63, 3.8) is 0 Å². The van der Waals surface area contributed by atoms with E-state index >= 15 is 0 Å². The van der Waals surface area contributed by atoms with Crippen molar-refractivity contribution in [2.24, 2.45) is 5.92 Å². The Balaban J connectivity index is 2.23. The summed E-state index contributed by atoms with van der Waals surface area (Å²) in [5, 5.41) is 5.32. The second kappa shape index (κ2) is 5.84. The number of anilines is 1. The second-order valence-corrected chi connectivity index (χ2v) is 5.24. The number of hydrogen-bond donors (Lipinski definition) is 1. The van der Waals surface area contributed by atoms with Gasteiger partial charge in [-0.3, -0.25) is 4.79 Å². The maximum absolute atomic E-state index is 11.6. The van der Waals surface area contributed by atoms with E-state index in [2.05, 4.69) is 10.3 Å². The molecule has 0 atom stereocenters. The van der Waals surface area contributed by atoms with Crippen LogP contribution in [0, 0.1) is 5.92 Å². The van der Waals surface area contributed by atoms with Crippen LogP contribution in [0.5, 0.6) is 5.75 Å². The molecule has 1 aromatic carbocycles. The minimum absolute atomic E-state index is 0.0269. The van der Waals surface area contributed by atoms with Crippen molar-refractivity contribution in [2.75, 3.05) is 12.4 Å². The third-order valence-electron chi connectivity index (χ3n) is 2.64. The van der Waals surface area contributed by atoms with E-state index in [0.717, 1.165) is 17.0 Å². The molecular weight excluding hydrogens is 260 g/mol. The summed E-state index contributed by atoms with van der Waals surface area (Å²) in [6.45, 7) is 3.70. The van der Waals surface area contributed by atoms with Gasteiger partial charge in [0.1, 0.15) is 5.75 Å². The quantitative estimate of drug-likeness (QED) is 0.931. The Bertz CT molecular complexity index is 578. The summed E-state index contributed by atoms with van der Waals surface area (Å²) in [7, 11) is 1.63. The first-order chi connectivity index (χ1) is 9.11. The number of carbonyl (C=O) groups is 1. The molecule has 19 heavy (non-hydrogen) atoms. The number of nitrogens with one attached hydrogen (secondary N) is 1. The van der Waals surface area contributed by atoms with E-state index in [4.69, 9.17) is 4.74 Å². The molecule has 1 amide bonds. The van der Waals surface area contributed by atoms with Crippen molar-refractivity contribution in [1.82, 2.24) is 4.98 Å². The molecular formula is C14H16N2O2S. The van der Waals surface area contributed by atoms with Gasteiger partial charge >= 0.3 is 0 Å². The Morgan fingerprint density at radius 2 is 2.11 bits per heavy atom. The van der Waals surface area contributed by atoms with Crippen molar-refractivity contribution in [3.8, 4) is 17.0 Å². The van der Waals surface area contributed by atoms with Crippen molar-refractivity contribution < 1.29 is 9.53 Å². The Morgan fingerprint density at radius 1 is 1.37 bits per heavy atom. The second-order valence-electron chi connectivity index (χ2n) is 4.38. The van der Waals surface area contributed by atoms with E-state index in [1.165, 1.54) is 11.3 Å². The van der Waals surface area contributed by atoms with Crippen molar-refractivity contribution in [1.29, 1.82) is 0 Å². The molecule has 1 heterocycles. The van der Waals surface area contributed by atoms with Gasteiger partial charge in [-0.1, -0.05) is 26.0 Å². The molecule has 4 nitrogen and oxygen atoms in total. The van der Waals surface area contributed by atoms with Gasteiger partial charge in [0, 0.05) is 16.9 Å². The molecule has 2 rings (SSSR count). The smallest absolute Gasteiger partial charge is 0.228 e. The van der Waals surface area contributed by atoms with Crippen LogP contribution >= 0.6 is 11.3 Å². The zero-order valence-corrected chi connectivity index (χ0v) is 12.0. The van der Waals surface area contributed by atoms with Crippen LogP contribution in [0.15, 0.2) is 29.6 Å². The third kappa shape index (κ3) is 3.12. The van der Waals surface area contributed by atoms with Crippen molar-refractivity contribution in [2.45, 2.75) is 13.8 Å². The molecule has 0 unspecified atom stereocenters. The van der Waals surface area contributed by atoms with E-state index in [-0.39, 0.29) is 11.8 Å². The number of nitrogens with zero attached hydrogens (tertiary/aromatic N) is 1. The van der Waals surface area contributed by atoms with Gasteiger partial charge in [-0.15, -0.1) is 11.3 Å². The summed E-state index contributed by atoms with van der Waals surface area (Å²) in [5.74, 6) is 0.689. The molecule has 2 aromatic rings. The fraction of sp³-hybridized carbons (Fsp3) is 0.286. The SMILES string of the molecule is COc1ccccc1-c1csc(NC(=O)C(C)C)n1. The molecule has 0 bridgehead atoms. The molecule has 0 saturated carbocycles. The lowest BCUT2D eigenvalue weighted by Gasteiger charge is -2.05. The average Bonchev–Trinajstić information content (AvgIpc) is 2.86. The predicted octanol–water partition coefficient (Wildman–Crippen LogP) is 3.41. The van der Waals surface area contributed by atoms with E-state index in [9.17, 15) is 4.79 Å². The van der Waals surface area contributed by atoms with Gasteiger partial charge in [-0.05, 0) is 12.1 Å².